The minimum Gasteiger partial charge on any atom is -0.497 e. The van der Waals surface area contributed by atoms with Crippen molar-refractivity contribution in [1.29, 1.82) is 0 Å². The molecule has 35 heavy (non-hydrogen) atoms. The van der Waals surface area contributed by atoms with E-state index >= 15 is 0 Å². The number of rotatable bonds is 10. The lowest BCUT2D eigenvalue weighted by Gasteiger charge is -2.17. The molecular weight excluding hydrogens is 464 g/mol. The van der Waals surface area contributed by atoms with Gasteiger partial charge in [-0.05, 0) is 41.4 Å². The van der Waals surface area contributed by atoms with E-state index in [4.69, 9.17) is 9.47 Å². The zero-order valence-corrected chi connectivity index (χ0v) is 20.5. The molecule has 1 unspecified atom stereocenters. The Labute approximate surface area is 208 Å². The predicted octanol–water partition coefficient (Wildman–Crippen LogP) is 5.01. The Hall–Kier alpha value is -3.52. The predicted molar refractivity (Wildman–Crippen MR) is 136 cm³/mol. The first kappa shape index (κ1) is 24.6. The van der Waals surface area contributed by atoms with E-state index in [1.165, 1.54) is 0 Å². The SMILES string of the molecule is COc1cc(C)nc(CSCCC(NC(=O)OCC2c3ccccc3-c3ccccc32)C(=O)O)c1. The highest BCUT2D eigenvalue weighted by Gasteiger charge is 2.29. The highest BCUT2D eigenvalue weighted by molar-refractivity contribution is 7.98. The Bertz CT molecular complexity index is 1170. The number of methoxy groups -OCH3 is 1. The van der Waals surface area contributed by atoms with Crippen LogP contribution in [-0.2, 0) is 15.3 Å². The normalized spacial score (nSPS) is 13.0. The number of pyridine rings is 1. The number of carbonyl (C=O) groups excluding carboxylic acids is 1. The van der Waals surface area contributed by atoms with Gasteiger partial charge in [0, 0.05) is 29.5 Å². The zero-order valence-electron chi connectivity index (χ0n) is 19.7. The van der Waals surface area contributed by atoms with Crippen LogP contribution in [0.3, 0.4) is 0 Å². The fourth-order valence-electron chi connectivity index (χ4n) is 4.31. The highest BCUT2D eigenvalue weighted by Crippen LogP contribution is 2.44. The number of thioether (sulfide) groups is 1. The van der Waals surface area contributed by atoms with E-state index in [1.807, 2.05) is 55.5 Å². The van der Waals surface area contributed by atoms with Gasteiger partial charge in [-0.15, -0.1) is 0 Å². The molecular formula is C27H28N2O5S. The molecule has 1 atom stereocenters. The van der Waals surface area contributed by atoms with Crippen molar-refractivity contribution in [1.82, 2.24) is 10.3 Å². The van der Waals surface area contributed by atoms with Crippen molar-refractivity contribution in [2.24, 2.45) is 0 Å². The van der Waals surface area contributed by atoms with E-state index in [2.05, 4.69) is 22.4 Å². The highest BCUT2D eigenvalue weighted by atomic mass is 32.2. The van der Waals surface area contributed by atoms with E-state index < -0.39 is 18.1 Å². The van der Waals surface area contributed by atoms with Crippen LogP contribution in [0.2, 0.25) is 0 Å². The first-order valence-electron chi connectivity index (χ1n) is 11.4. The van der Waals surface area contributed by atoms with E-state index in [0.29, 0.717) is 11.5 Å². The van der Waals surface area contributed by atoms with E-state index in [0.717, 1.165) is 39.4 Å². The number of ether oxygens (including phenoxy) is 2. The van der Waals surface area contributed by atoms with Crippen molar-refractivity contribution < 1.29 is 24.2 Å². The number of amides is 1. The van der Waals surface area contributed by atoms with Crippen molar-refractivity contribution in [2.45, 2.75) is 31.1 Å². The van der Waals surface area contributed by atoms with Gasteiger partial charge in [0.15, 0.2) is 0 Å². The van der Waals surface area contributed by atoms with Crippen LogP contribution >= 0.6 is 11.8 Å². The van der Waals surface area contributed by atoms with Crippen LogP contribution in [0.4, 0.5) is 4.79 Å². The number of nitrogens with one attached hydrogen (secondary N) is 1. The van der Waals surface area contributed by atoms with E-state index in [1.54, 1.807) is 18.9 Å². The Morgan fingerprint density at radius 1 is 1.09 bits per heavy atom. The van der Waals surface area contributed by atoms with Crippen molar-refractivity contribution in [3.8, 4) is 16.9 Å². The summed E-state index contributed by atoms with van der Waals surface area (Å²) in [7, 11) is 1.61. The molecule has 2 aromatic carbocycles. The Morgan fingerprint density at radius 2 is 1.74 bits per heavy atom. The summed E-state index contributed by atoms with van der Waals surface area (Å²) in [6.45, 7) is 2.04. The number of hydrogen-bond donors (Lipinski definition) is 2. The molecule has 0 saturated heterocycles. The van der Waals surface area contributed by atoms with Gasteiger partial charge < -0.3 is 19.9 Å². The molecule has 1 aliphatic carbocycles. The minimum atomic E-state index is -1.09. The fraction of sp³-hybridized carbons (Fsp3) is 0.296. The topological polar surface area (TPSA) is 97.8 Å². The minimum absolute atomic E-state index is 0.0780. The fourth-order valence-corrected chi connectivity index (χ4v) is 5.22. The summed E-state index contributed by atoms with van der Waals surface area (Å²) < 4.78 is 10.8. The Balaban J connectivity index is 1.29. The number of carboxylic acid groups (broad SMARTS) is 1. The quantitative estimate of drug-likeness (QED) is 0.384. The van der Waals surface area contributed by atoms with Gasteiger partial charge in [-0.3, -0.25) is 4.98 Å². The molecule has 3 aromatic rings. The van der Waals surface area contributed by atoms with E-state index in [9.17, 15) is 14.7 Å². The number of carbonyl (C=O) groups is 2. The summed E-state index contributed by atoms with van der Waals surface area (Å²) in [5.41, 5.74) is 6.21. The average molecular weight is 493 g/mol. The summed E-state index contributed by atoms with van der Waals surface area (Å²) in [5.74, 6) is 0.738. The van der Waals surface area contributed by atoms with Crippen LogP contribution in [0, 0.1) is 6.92 Å². The van der Waals surface area contributed by atoms with Crippen LogP contribution in [-0.4, -0.2) is 47.7 Å². The van der Waals surface area contributed by atoms with Gasteiger partial charge >= 0.3 is 12.1 Å². The lowest BCUT2D eigenvalue weighted by Crippen LogP contribution is -2.41. The molecule has 0 bridgehead atoms. The summed E-state index contributed by atoms with van der Waals surface area (Å²) in [6.07, 6.45) is -0.456. The van der Waals surface area contributed by atoms with Crippen molar-refractivity contribution >= 4 is 23.8 Å². The molecule has 0 aliphatic heterocycles. The lowest BCUT2D eigenvalue weighted by molar-refractivity contribution is -0.139. The Morgan fingerprint density at radius 3 is 2.37 bits per heavy atom. The second-order valence-electron chi connectivity index (χ2n) is 8.34. The summed E-state index contributed by atoms with van der Waals surface area (Å²) in [6, 6.07) is 18.8. The van der Waals surface area contributed by atoms with Crippen molar-refractivity contribution in [2.75, 3.05) is 19.5 Å². The number of aromatic nitrogens is 1. The number of alkyl carbamates (subject to hydrolysis) is 1. The monoisotopic (exact) mass is 492 g/mol. The molecule has 0 spiro atoms. The van der Waals surface area contributed by atoms with Crippen molar-refractivity contribution in [3.05, 3.63) is 83.2 Å². The molecule has 1 aliphatic rings. The van der Waals surface area contributed by atoms with Crippen LogP contribution < -0.4 is 10.1 Å². The molecule has 2 N–H and O–H groups in total. The van der Waals surface area contributed by atoms with Crippen LogP contribution in [0.1, 0.15) is 34.9 Å². The molecule has 1 amide bonds. The smallest absolute Gasteiger partial charge is 0.407 e. The van der Waals surface area contributed by atoms with Crippen molar-refractivity contribution in [3.63, 3.8) is 0 Å². The maximum atomic E-state index is 12.5. The molecule has 1 heterocycles. The lowest BCUT2D eigenvalue weighted by atomic mass is 9.98. The number of aryl methyl sites for hydroxylation is 1. The number of aliphatic carboxylic acids is 1. The zero-order chi connectivity index (χ0) is 24.8. The largest absolute Gasteiger partial charge is 0.497 e. The first-order chi connectivity index (χ1) is 17.0. The van der Waals surface area contributed by atoms with Gasteiger partial charge in [0.2, 0.25) is 0 Å². The third-order valence-corrected chi connectivity index (χ3v) is 6.97. The van der Waals surface area contributed by atoms with Gasteiger partial charge in [-0.1, -0.05) is 48.5 Å². The van der Waals surface area contributed by atoms with Crippen LogP contribution in [0.15, 0.2) is 60.7 Å². The van der Waals surface area contributed by atoms with E-state index in [-0.39, 0.29) is 18.9 Å². The molecule has 0 radical (unpaired) electrons. The number of fused-ring (bicyclic) bond motifs is 3. The standard InChI is InChI=1S/C27H28N2O5S/c1-17-13-19(33-2)14-18(28-17)16-35-12-11-25(26(30)31)29-27(32)34-15-24-22-9-5-3-7-20(22)21-8-4-6-10-23(21)24/h3-10,13-14,24-25H,11-12,15-16H2,1-2H3,(H,29,32)(H,30,31). The van der Waals surface area contributed by atoms with Gasteiger partial charge in [-0.2, -0.15) is 11.8 Å². The maximum Gasteiger partial charge on any atom is 0.407 e. The molecule has 8 heteroatoms. The number of hydrogen-bond acceptors (Lipinski definition) is 6. The van der Waals surface area contributed by atoms with Gasteiger partial charge in [0.25, 0.3) is 0 Å². The summed E-state index contributed by atoms with van der Waals surface area (Å²) in [5, 5.41) is 12.1. The maximum absolute atomic E-state index is 12.5. The summed E-state index contributed by atoms with van der Waals surface area (Å²) >= 11 is 1.55. The Kier molecular flexibility index (Phi) is 7.92. The third kappa shape index (κ3) is 5.95. The second kappa shape index (κ2) is 11.3. The van der Waals surface area contributed by atoms with Crippen LogP contribution in [0.25, 0.3) is 11.1 Å². The molecule has 0 saturated carbocycles. The first-order valence-corrected chi connectivity index (χ1v) is 12.6. The molecule has 7 nitrogen and oxygen atoms in total. The number of nitrogens with zero attached hydrogens (tertiary/aromatic N) is 1. The summed E-state index contributed by atoms with van der Waals surface area (Å²) in [4.78, 5) is 28.6. The number of benzene rings is 2. The van der Waals surface area contributed by atoms with Gasteiger partial charge in [-0.25, -0.2) is 9.59 Å². The number of carboxylic acids is 1. The molecule has 1 aromatic heterocycles. The second-order valence-corrected chi connectivity index (χ2v) is 9.45. The molecule has 0 fully saturated rings. The average Bonchev–Trinajstić information content (AvgIpc) is 3.17. The molecule has 4 rings (SSSR count). The van der Waals surface area contributed by atoms with Gasteiger partial charge in [0.1, 0.15) is 18.4 Å². The van der Waals surface area contributed by atoms with Gasteiger partial charge in [0.05, 0.1) is 12.8 Å². The van der Waals surface area contributed by atoms with Crippen LogP contribution in [0.5, 0.6) is 5.75 Å². The molecule has 182 valence electrons. The third-order valence-electron chi connectivity index (χ3n) is 5.95.